The molecule has 0 aromatic carbocycles. The number of nitrogens with zero attached hydrogens (tertiary/aromatic N) is 1. The minimum absolute atomic E-state index is 0.0519. The van der Waals surface area contributed by atoms with Gasteiger partial charge in [-0.2, -0.15) is 0 Å². The summed E-state index contributed by atoms with van der Waals surface area (Å²) in [5.41, 5.74) is 5.18. The Balaban J connectivity index is 3.99. The average Bonchev–Trinajstić information content (AvgIpc) is 2.17. The molecule has 1 amide bonds. The van der Waals surface area contributed by atoms with E-state index in [4.69, 9.17) is 5.73 Å². The lowest BCUT2D eigenvalue weighted by molar-refractivity contribution is -0.135. The lowest BCUT2D eigenvalue weighted by Gasteiger charge is -2.28. The zero-order valence-corrected chi connectivity index (χ0v) is 9.97. The van der Waals surface area contributed by atoms with Crippen LogP contribution in [0, 0.1) is 0 Å². The second kappa shape index (κ2) is 6.02. The van der Waals surface area contributed by atoms with Gasteiger partial charge in [-0.05, 0) is 19.8 Å². The molecule has 0 aliphatic rings. The van der Waals surface area contributed by atoms with Crippen LogP contribution < -0.4 is 5.73 Å². The van der Waals surface area contributed by atoms with E-state index in [2.05, 4.69) is 6.92 Å². The number of carbonyl (C=O) groups is 1. The molecule has 3 nitrogen and oxygen atoms in total. The predicted octanol–water partition coefficient (Wildman–Crippen LogP) is 1.76. The Morgan fingerprint density at radius 3 is 2.36 bits per heavy atom. The van der Waals surface area contributed by atoms with Gasteiger partial charge >= 0.3 is 0 Å². The topological polar surface area (TPSA) is 46.3 Å². The van der Waals surface area contributed by atoms with E-state index < -0.39 is 5.54 Å². The van der Waals surface area contributed by atoms with E-state index in [1.54, 1.807) is 11.8 Å². The SMILES string of the molecule is CCCCCN(C)C(=O)C(C)(N)CC. The molecular weight excluding hydrogens is 176 g/mol. The molecular formula is C11H24N2O. The average molecular weight is 200 g/mol. The van der Waals surface area contributed by atoms with Crippen LogP contribution in [0.4, 0.5) is 0 Å². The van der Waals surface area contributed by atoms with Crippen LogP contribution in [0.3, 0.4) is 0 Å². The van der Waals surface area contributed by atoms with Crippen molar-refractivity contribution in [3.8, 4) is 0 Å². The van der Waals surface area contributed by atoms with Gasteiger partial charge in [0.1, 0.15) is 0 Å². The molecule has 14 heavy (non-hydrogen) atoms. The molecule has 1 atom stereocenters. The van der Waals surface area contributed by atoms with E-state index in [0.717, 1.165) is 13.0 Å². The molecule has 0 aromatic rings. The van der Waals surface area contributed by atoms with Crippen LogP contribution in [0.1, 0.15) is 46.5 Å². The van der Waals surface area contributed by atoms with Gasteiger partial charge < -0.3 is 10.6 Å². The van der Waals surface area contributed by atoms with Crippen molar-refractivity contribution in [3.05, 3.63) is 0 Å². The molecule has 0 saturated carbocycles. The highest BCUT2D eigenvalue weighted by Gasteiger charge is 2.28. The number of amides is 1. The number of unbranched alkanes of at least 4 members (excludes halogenated alkanes) is 2. The second-order valence-corrected chi connectivity index (χ2v) is 4.20. The summed E-state index contributed by atoms with van der Waals surface area (Å²) in [7, 11) is 1.83. The third-order valence-corrected chi connectivity index (χ3v) is 2.67. The van der Waals surface area contributed by atoms with Gasteiger partial charge in [-0.3, -0.25) is 4.79 Å². The molecule has 0 heterocycles. The molecule has 2 N–H and O–H groups in total. The summed E-state index contributed by atoms with van der Waals surface area (Å²) in [4.78, 5) is 13.5. The van der Waals surface area contributed by atoms with Crippen molar-refractivity contribution >= 4 is 5.91 Å². The van der Waals surface area contributed by atoms with Gasteiger partial charge in [-0.25, -0.2) is 0 Å². The van der Waals surface area contributed by atoms with E-state index in [1.807, 2.05) is 14.0 Å². The van der Waals surface area contributed by atoms with Crippen molar-refractivity contribution in [1.29, 1.82) is 0 Å². The highest BCUT2D eigenvalue weighted by Crippen LogP contribution is 2.09. The maximum absolute atomic E-state index is 11.8. The summed E-state index contributed by atoms with van der Waals surface area (Å²) in [6, 6.07) is 0. The molecule has 0 saturated heterocycles. The van der Waals surface area contributed by atoms with E-state index in [9.17, 15) is 4.79 Å². The Labute approximate surface area is 87.6 Å². The number of likely N-dealkylation sites (N-methyl/N-ethyl adjacent to an activating group) is 1. The summed E-state index contributed by atoms with van der Waals surface area (Å²) < 4.78 is 0. The van der Waals surface area contributed by atoms with Crippen LogP contribution in [0.15, 0.2) is 0 Å². The monoisotopic (exact) mass is 200 g/mol. The Bertz CT molecular complexity index is 178. The molecule has 0 aliphatic carbocycles. The second-order valence-electron chi connectivity index (χ2n) is 4.20. The number of hydrogen-bond acceptors (Lipinski definition) is 2. The van der Waals surface area contributed by atoms with Gasteiger partial charge in [0, 0.05) is 13.6 Å². The first-order valence-electron chi connectivity index (χ1n) is 5.50. The van der Waals surface area contributed by atoms with Gasteiger partial charge in [-0.15, -0.1) is 0 Å². The Morgan fingerprint density at radius 1 is 1.36 bits per heavy atom. The number of hydrogen-bond donors (Lipinski definition) is 1. The van der Waals surface area contributed by atoms with Crippen molar-refractivity contribution in [1.82, 2.24) is 4.90 Å². The summed E-state index contributed by atoms with van der Waals surface area (Å²) >= 11 is 0. The Hall–Kier alpha value is -0.570. The van der Waals surface area contributed by atoms with Crippen LogP contribution >= 0.6 is 0 Å². The minimum atomic E-state index is -0.693. The van der Waals surface area contributed by atoms with Crippen LogP contribution in [-0.4, -0.2) is 29.9 Å². The predicted molar refractivity (Wildman–Crippen MR) is 60.0 cm³/mol. The third-order valence-electron chi connectivity index (χ3n) is 2.67. The zero-order valence-electron chi connectivity index (χ0n) is 9.97. The fourth-order valence-corrected chi connectivity index (χ4v) is 1.29. The molecule has 0 rings (SSSR count). The molecule has 0 spiro atoms. The molecule has 0 bridgehead atoms. The highest BCUT2D eigenvalue weighted by atomic mass is 16.2. The molecule has 3 heteroatoms. The number of carbonyl (C=O) groups excluding carboxylic acids is 1. The minimum Gasteiger partial charge on any atom is -0.344 e. The third kappa shape index (κ3) is 4.09. The maximum Gasteiger partial charge on any atom is 0.242 e. The van der Waals surface area contributed by atoms with Crippen LogP contribution in [0.5, 0.6) is 0 Å². The Morgan fingerprint density at radius 2 is 1.93 bits per heavy atom. The van der Waals surface area contributed by atoms with Crippen molar-refractivity contribution in [3.63, 3.8) is 0 Å². The van der Waals surface area contributed by atoms with E-state index >= 15 is 0 Å². The van der Waals surface area contributed by atoms with E-state index in [0.29, 0.717) is 6.42 Å². The van der Waals surface area contributed by atoms with Gasteiger partial charge in [0.25, 0.3) is 0 Å². The fourth-order valence-electron chi connectivity index (χ4n) is 1.29. The lowest BCUT2D eigenvalue weighted by Crippen LogP contribution is -2.51. The van der Waals surface area contributed by atoms with Gasteiger partial charge in [0.2, 0.25) is 5.91 Å². The molecule has 0 aromatic heterocycles. The van der Waals surface area contributed by atoms with Crippen LogP contribution in [-0.2, 0) is 4.79 Å². The van der Waals surface area contributed by atoms with Crippen molar-refractivity contribution in [2.75, 3.05) is 13.6 Å². The van der Waals surface area contributed by atoms with Crippen LogP contribution in [0.2, 0.25) is 0 Å². The molecule has 1 unspecified atom stereocenters. The first-order valence-corrected chi connectivity index (χ1v) is 5.50. The highest BCUT2D eigenvalue weighted by molar-refractivity contribution is 5.85. The molecule has 0 fully saturated rings. The zero-order chi connectivity index (χ0) is 11.2. The summed E-state index contributed by atoms with van der Waals surface area (Å²) in [5.74, 6) is 0.0519. The maximum atomic E-state index is 11.8. The van der Waals surface area contributed by atoms with Crippen molar-refractivity contribution in [2.24, 2.45) is 5.73 Å². The van der Waals surface area contributed by atoms with Gasteiger partial charge in [0.05, 0.1) is 5.54 Å². The molecule has 0 radical (unpaired) electrons. The normalized spacial score (nSPS) is 14.9. The molecule has 0 aliphatic heterocycles. The summed E-state index contributed by atoms with van der Waals surface area (Å²) in [5, 5.41) is 0. The summed E-state index contributed by atoms with van der Waals surface area (Å²) in [6.07, 6.45) is 4.10. The van der Waals surface area contributed by atoms with Crippen LogP contribution in [0.25, 0.3) is 0 Å². The number of nitrogens with two attached hydrogens (primary N) is 1. The van der Waals surface area contributed by atoms with E-state index in [1.165, 1.54) is 12.8 Å². The fraction of sp³-hybridized carbons (Fsp3) is 0.909. The number of rotatable bonds is 6. The quantitative estimate of drug-likeness (QED) is 0.664. The van der Waals surface area contributed by atoms with Gasteiger partial charge in [-0.1, -0.05) is 26.7 Å². The summed E-state index contributed by atoms with van der Waals surface area (Å²) in [6.45, 7) is 6.71. The van der Waals surface area contributed by atoms with E-state index in [-0.39, 0.29) is 5.91 Å². The van der Waals surface area contributed by atoms with Crippen molar-refractivity contribution in [2.45, 2.75) is 52.0 Å². The molecule has 84 valence electrons. The lowest BCUT2D eigenvalue weighted by atomic mass is 9.99. The Kier molecular flexibility index (Phi) is 5.77. The first-order chi connectivity index (χ1) is 6.45. The van der Waals surface area contributed by atoms with Gasteiger partial charge in [0.15, 0.2) is 0 Å². The largest absolute Gasteiger partial charge is 0.344 e. The van der Waals surface area contributed by atoms with Crippen molar-refractivity contribution < 1.29 is 4.79 Å². The smallest absolute Gasteiger partial charge is 0.242 e. The first kappa shape index (κ1) is 13.4. The standard InChI is InChI=1S/C11H24N2O/c1-5-7-8-9-13(4)10(14)11(3,12)6-2/h5-9,12H2,1-4H3.